The van der Waals surface area contributed by atoms with E-state index >= 15 is 0 Å². The molecule has 37 heavy (non-hydrogen) atoms. The highest BCUT2D eigenvalue weighted by Crippen LogP contribution is 2.23. The Labute approximate surface area is 216 Å². The van der Waals surface area contributed by atoms with Crippen LogP contribution in [0.3, 0.4) is 0 Å². The number of guanidine groups is 1. The zero-order chi connectivity index (χ0) is 26.4. The van der Waals surface area contributed by atoms with E-state index in [0.717, 1.165) is 55.5 Å². The zero-order valence-corrected chi connectivity index (χ0v) is 21.5. The van der Waals surface area contributed by atoms with Crippen molar-refractivity contribution in [3.8, 4) is 0 Å². The molecule has 1 atom stereocenters. The van der Waals surface area contributed by atoms with Crippen LogP contribution in [0.4, 0.5) is 5.69 Å². The van der Waals surface area contributed by atoms with Crippen LogP contribution in [-0.2, 0) is 19.2 Å². The molecule has 198 valence electrons. The van der Waals surface area contributed by atoms with E-state index in [1.807, 2.05) is 30.0 Å². The van der Waals surface area contributed by atoms with Crippen molar-refractivity contribution < 1.29 is 23.6 Å². The summed E-state index contributed by atoms with van der Waals surface area (Å²) < 4.78 is 5.64. The number of likely N-dealkylation sites (tertiary alicyclic amines) is 2. The van der Waals surface area contributed by atoms with Gasteiger partial charge in [0.2, 0.25) is 23.7 Å². The van der Waals surface area contributed by atoms with Crippen molar-refractivity contribution in [1.29, 1.82) is 0 Å². The molecule has 0 aliphatic carbocycles. The molecule has 3 amide bonds. The van der Waals surface area contributed by atoms with Gasteiger partial charge < -0.3 is 24.3 Å². The SMILES string of the molecule is CC(=O)CCC(=O)NC(=N[C@H]1CCCCN(CC(=O)N2CCCC2)C1=O)Nc1ccc2oc(C)cc2c1. The van der Waals surface area contributed by atoms with E-state index < -0.39 is 6.04 Å². The summed E-state index contributed by atoms with van der Waals surface area (Å²) in [7, 11) is 0. The molecular weight excluding hydrogens is 474 g/mol. The molecule has 0 bridgehead atoms. The van der Waals surface area contributed by atoms with Crippen molar-refractivity contribution in [2.45, 2.75) is 64.8 Å². The molecule has 2 N–H and O–H groups in total. The molecule has 0 radical (unpaired) electrons. The van der Waals surface area contributed by atoms with Gasteiger partial charge in [-0.3, -0.25) is 19.7 Å². The van der Waals surface area contributed by atoms with Crippen LogP contribution in [0, 0.1) is 6.92 Å². The smallest absolute Gasteiger partial charge is 0.247 e. The normalized spacial score (nSPS) is 18.7. The number of nitrogens with zero attached hydrogens (tertiary/aromatic N) is 3. The molecule has 2 fully saturated rings. The zero-order valence-electron chi connectivity index (χ0n) is 21.5. The number of carbonyl (C=O) groups is 4. The Morgan fingerprint density at radius 1 is 1.05 bits per heavy atom. The molecule has 3 heterocycles. The third kappa shape index (κ3) is 7.18. The van der Waals surface area contributed by atoms with Gasteiger partial charge >= 0.3 is 0 Å². The first-order valence-corrected chi connectivity index (χ1v) is 13.0. The molecule has 0 spiro atoms. The van der Waals surface area contributed by atoms with Crippen LogP contribution in [0.15, 0.2) is 33.7 Å². The van der Waals surface area contributed by atoms with Crippen LogP contribution in [0.5, 0.6) is 0 Å². The third-order valence-corrected chi connectivity index (χ3v) is 6.69. The lowest BCUT2D eigenvalue weighted by molar-refractivity contribution is -0.140. The van der Waals surface area contributed by atoms with Crippen LogP contribution in [-0.4, -0.2) is 71.5 Å². The van der Waals surface area contributed by atoms with Crippen LogP contribution in [0.1, 0.15) is 57.6 Å². The Morgan fingerprint density at radius 2 is 1.81 bits per heavy atom. The van der Waals surface area contributed by atoms with E-state index in [1.165, 1.54) is 6.92 Å². The molecule has 0 saturated carbocycles. The van der Waals surface area contributed by atoms with Crippen molar-refractivity contribution in [2.24, 2.45) is 4.99 Å². The van der Waals surface area contributed by atoms with Crippen molar-refractivity contribution in [1.82, 2.24) is 15.1 Å². The second-order valence-corrected chi connectivity index (χ2v) is 9.82. The van der Waals surface area contributed by atoms with Crippen molar-refractivity contribution in [3.05, 3.63) is 30.0 Å². The fourth-order valence-electron chi connectivity index (χ4n) is 4.72. The predicted octanol–water partition coefficient (Wildman–Crippen LogP) is 3.00. The maximum atomic E-state index is 13.4. The first-order chi connectivity index (χ1) is 17.8. The van der Waals surface area contributed by atoms with Crippen LogP contribution in [0.25, 0.3) is 11.0 Å². The molecule has 2 aliphatic heterocycles. The highest BCUT2D eigenvalue weighted by atomic mass is 16.3. The molecule has 2 aromatic rings. The average Bonchev–Trinajstić information content (AvgIpc) is 3.48. The van der Waals surface area contributed by atoms with Crippen LogP contribution >= 0.6 is 0 Å². The lowest BCUT2D eigenvalue weighted by atomic mass is 10.1. The summed E-state index contributed by atoms with van der Waals surface area (Å²) in [4.78, 5) is 58.1. The third-order valence-electron chi connectivity index (χ3n) is 6.69. The minimum atomic E-state index is -0.732. The number of fused-ring (bicyclic) bond motifs is 1. The summed E-state index contributed by atoms with van der Waals surface area (Å²) in [6.45, 7) is 5.34. The van der Waals surface area contributed by atoms with Gasteiger partial charge in [-0.15, -0.1) is 0 Å². The van der Waals surface area contributed by atoms with E-state index in [9.17, 15) is 19.2 Å². The number of hydrogen-bond donors (Lipinski definition) is 2. The number of Topliss-reactive ketones (excluding diaryl/α,β-unsaturated/α-hetero) is 1. The van der Waals surface area contributed by atoms with Gasteiger partial charge in [0.05, 0.1) is 6.54 Å². The number of furan rings is 1. The van der Waals surface area contributed by atoms with Gasteiger partial charge in [0.1, 0.15) is 23.2 Å². The van der Waals surface area contributed by atoms with Crippen molar-refractivity contribution in [3.63, 3.8) is 0 Å². The summed E-state index contributed by atoms with van der Waals surface area (Å²) in [6.07, 6.45) is 4.21. The quantitative estimate of drug-likeness (QED) is 0.437. The molecule has 0 unspecified atom stereocenters. The Balaban J connectivity index is 1.54. The molecule has 1 aromatic heterocycles. The maximum absolute atomic E-state index is 13.4. The van der Waals surface area contributed by atoms with Crippen LogP contribution in [0.2, 0.25) is 0 Å². The monoisotopic (exact) mass is 509 g/mol. The van der Waals surface area contributed by atoms with E-state index in [-0.39, 0.29) is 48.9 Å². The lowest BCUT2D eigenvalue weighted by Crippen LogP contribution is -2.45. The number of ketones is 1. The van der Waals surface area contributed by atoms with Gasteiger partial charge in [0.15, 0.2) is 0 Å². The number of hydrogen-bond acceptors (Lipinski definition) is 6. The summed E-state index contributed by atoms with van der Waals surface area (Å²) in [5.41, 5.74) is 1.41. The molecule has 10 heteroatoms. The van der Waals surface area contributed by atoms with Gasteiger partial charge in [-0.1, -0.05) is 0 Å². The second kappa shape index (κ2) is 12.0. The largest absolute Gasteiger partial charge is 0.461 e. The molecule has 10 nitrogen and oxygen atoms in total. The lowest BCUT2D eigenvalue weighted by Gasteiger charge is -2.25. The number of nitrogens with one attached hydrogen (secondary N) is 2. The fourth-order valence-corrected chi connectivity index (χ4v) is 4.72. The van der Waals surface area contributed by atoms with E-state index in [1.54, 1.807) is 11.0 Å². The summed E-state index contributed by atoms with van der Waals surface area (Å²) in [5.74, 6) is 0.215. The standard InChI is InChI=1S/C27H35N5O5/c1-18(33)8-11-24(34)30-27(28-21-9-10-23-20(16-21)15-19(2)37-23)29-22-7-3-4-14-32(26(22)36)17-25(35)31-12-5-6-13-31/h9-10,15-16,22H,3-8,11-14,17H2,1-2H3,(H2,28,29,30,34)/t22-/m0/s1. The van der Waals surface area contributed by atoms with E-state index in [2.05, 4.69) is 15.6 Å². The number of carbonyl (C=O) groups excluding carboxylic acids is 4. The Hall–Kier alpha value is -3.69. The Kier molecular flexibility index (Phi) is 8.58. The van der Waals surface area contributed by atoms with E-state index in [0.29, 0.717) is 18.7 Å². The average molecular weight is 510 g/mol. The molecule has 2 saturated heterocycles. The highest BCUT2D eigenvalue weighted by molar-refractivity contribution is 6.06. The molecular formula is C27H35N5O5. The van der Waals surface area contributed by atoms with Gasteiger partial charge in [-0.2, -0.15) is 0 Å². The minimum Gasteiger partial charge on any atom is -0.461 e. The number of benzene rings is 1. The number of amides is 3. The second-order valence-electron chi connectivity index (χ2n) is 9.82. The minimum absolute atomic E-state index is 0.0189. The van der Waals surface area contributed by atoms with Gasteiger partial charge in [-0.05, 0) is 70.2 Å². The van der Waals surface area contributed by atoms with Gasteiger partial charge in [0, 0.05) is 43.5 Å². The Bertz CT molecular complexity index is 1200. The summed E-state index contributed by atoms with van der Waals surface area (Å²) in [6, 6.07) is 6.68. The van der Waals surface area contributed by atoms with Crippen LogP contribution < -0.4 is 10.6 Å². The number of aliphatic imine (C=N–C) groups is 1. The first kappa shape index (κ1) is 26.4. The van der Waals surface area contributed by atoms with Crippen molar-refractivity contribution in [2.75, 3.05) is 31.5 Å². The number of aryl methyl sites for hydroxylation is 1. The molecule has 1 aromatic carbocycles. The Morgan fingerprint density at radius 3 is 2.57 bits per heavy atom. The maximum Gasteiger partial charge on any atom is 0.247 e. The predicted molar refractivity (Wildman–Crippen MR) is 140 cm³/mol. The van der Waals surface area contributed by atoms with Crippen molar-refractivity contribution >= 4 is 46.1 Å². The van der Waals surface area contributed by atoms with Gasteiger partial charge in [0.25, 0.3) is 0 Å². The number of anilines is 1. The number of rotatable bonds is 7. The summed E-state index contributed by atoms with van der Waals surface area (Å²) >= 11 is 0. The van der Waals surface area contributed by atoms with Gasteiger partial charge in [-0.25, -0.2) is 4.99 Å². The first-order valence-electron chi connectivity index (χ1n) is 13.0. The highest BCUT2D eigenvalue weighted by Gasteiger charge is 2.30. The molecule has 2 aliphatic rings. The topological polar surface area (TPSA) is 124 Å². The van der Waals surface area contributed by atoms with E-state index in [4.69, 9.17) is 4.42 Å². The molecule has 4 rings (SSSR count). The summed E-state index contributed by atoms with van der Waals surface area (Å²) in [5, 5.41) is 6.76. The fraction of sp³-hybridized carbons (Fsp3) is 0.519.